The van der Waals surface area contributed by atoms with Gasteiger partial charge in [-0.2, -0.15) is 0 Å². The summed E-state index contributed by atoms with van der Waals surface area (Å²) in [7, 11) is -0.920. The zero-order valence-corrected chi connectivity index (χ0v) is 8.64. The summed E-state index contributed by atoms with van der Waals surface area (Å²) in [6.45, 7) is 2.83. The molecule has 15 heavy (non-hydrogen) atoms. The minimum atomic E-state index is -0.920. The van der Waals surface area contributed by atoms with Crippen molar-refractivity contribution in [3.63, 3.8) is 0 Å². The topological polar surface area (TPSA) is 64.7 Å². The van der Waals surface area contributed by atoms with E-state index in [9.17, 15) is 5.02 Å². The molecule has 3 N–H and O–H groups in total. The number of ether oxygens (including phenoxy) is 1. The molecule has 1 aromatic rings. The predicted molar refractivity (Wildman–Crippen MR) is 58.1 cm³/mol. The van der Waals surface area contributed by atoms with E-state index < -0.39 is 7.12 Å². The maximum atomic E-state index is 9.73. The van der Waals surface area contributed by atoms with Gasteiger partial charge in [0.1, 0.15) is 5.75 Å². The number of hydrogen-bond donors (Lipinski definition) is 2. The van der Waals surface area contributed by atoms with Crippen molar-refractivity contribution < 1.29 is 14.4 Å². The Morgan fingerprint density at radius 2 is 2.40 bits per heavy atom. The van der Waals surface area contributed by atoms with Crippen LogP contribution in [0.2, 0.25) is 0 Å². The Morgan fingerprint density at radius 1 is 1.60 bits per heavy atom. The lowest BCUT2D eigenvalue weighted by molar-refractivity contribution is 0.198. The molecule has 0 fully saturated rings. The molecule has 1 atom stereocenters. The van der Waals surface area contributed by atoms with Gasteiger partial charge in [0.05, 0.1) is 12.7 Å². The summed E-state index contributed by atoms with van der Waals surface area (Å²) < 4.78 is 10.7. The minimum absolute atomic E-state index is 0.226. The summed E-state index contributed by atoms with van der Waals surface area (Å²) in [5.41, 5.74) is 7.20. The van der Waals surface area contributed by atoms with Crippen LogP contribution in [0.3, 0.4) is 0 Å². The summed E-state index contributed by atoms with van der Waals surface area (Å²) >= 11 is 0. The van der Waals surface area contributed by atoms with E-state index in [0.29, 0.717) is 18.9 Å². The molecule has 4 nitrogen and oxygen atoms in total. The van der Waals surface area contributed by atoms with E-state index in [1.165, 1.54) is 0 Å². The fourth-order valence-corrected chi connectivity index (χ4v) is 1.87. The number of hydrogen-bond acceptors (Lipinski definition) is 4. The molecule has 0 bridgehead atoms. The maximum Gasteiger partial charge on any atom is 0.495 e. The predicted octanol–water partition coefficient (Wildman–Crippen LogP) is -0.197. The molecule has 1 heterocycles. The van der Waals surface area contributed by atoms with Gasteiger partial charge in [0.25, 0.3) is 0 Å². The van der Waals surface area contributed by atoms with E-state index in [-0.39, 0.29) is 6.10 Å². The summed E-state index contributed by atoms with van der Waals surface area (Å²) in [6, 6.07) is 5.62. The average Bonchev–Trinajstić information content (AvgIpc) is 2.57. The van der Waals surface area contributed by atoms with Gasteiger partial charge in [-0.3, -0.25) is 0 Å². The van der Waals surface area contributed by atoms with Gasteiger partial charge in [-0.15, -0.1) is 0 Å². The fourth-order valence-electron chi connectivity index (χ4n) is 1.87. The highest BCUT2D eigenvalue weighted by Gasteiger charge is 2.36. The monoisotopic (exact) mass is 207 g/mol. The second-order valence-corrected chi connectivity index (χ2v) is 3.40. The van der Waals surface area contributed by atoms with Crippen LogP contribution in [0.5, 0.6) is 5.75 Å². The van der Waals surface area contributed by atoms with Gasteiger partial charge in [-0.1, -0.05) is 12.1 Å². The normalized spacial score (nSPS) is 19.1. The first-order valence-corrected chi connectivity index (χ1v) is 5.07. The van der Waals surface area contributed by atoms with Crippen molar-refractivity contribution in [1.29, 1.82) is 0 Å². The SMILES string of the molecule is CCOc1cccc2c1B(O)O[C@@H]2CN. The van der Waals surface area contributed by atoms with Crippen molar-refractivity contribution in [2.75, 3.05) is 13.2 Å². The Hall–Kier alpha value is -1.04. The van der Waals surface area contributed by atoms with E-state index in [0.717, 1.165) is 11.0 Å². The third-order valence-electron chi connectivity index (χ3n) is 2.50. The first kappa shape index (κ1) is 10.5. The molecule has 0 amide bonds. The Bertz CT molecular complexity index is 359. The van der Waals surface area contributed by atoms with Crippen molar-refractivity contribution in [2.45, 2.75) is 13.0 Å². The van der Waals surface area contributed by atoms with Gasteiger partial charge in [-0.05, 0) is 18.6 Å². The standard InChI is InChI=1S/C10H14BNO3/c1-2-14-8-5-3-4-7-9(6-12)15-11(13)10(7)8/h3-5,9,13H,2,6,12H2,1H3/t9-/m1/s1. The second-order valence-electron chi connectivity index (χ2n) is 3.40. The molecule has 80 valence electrons. The highest BCUT2D eigenvalue weighted by Crippen LogP contribution is 2.26. The van der Waals surface area contributed by atoms with E-state index in [4.69, 9.17) is 15.1 Å². The van der Waals surface area contributed by atoms with E-state index >= 15 is 0 Å². The summed E-state index contributed by atoms with van der Waals surface area (Å²) in [5, 5.41) is 9.73. The Morgan fingerprint density at radius 3 is 3.07 bits per heavy atom. The van der Waals surface area contributed by atoms with Crippen LogP contribution < -0.4 is 15.9 Å². The Balaban J connectivity index is 2.42. The molecule has 2 rings (SSSR count). The summed E-state index contributed by atoms with van der Waals surface area (Å²) in [4.78, 5) is 0. The molecule has 0 unspecified atom stereocenters. The van der Waals surface area contributed by atoms with Crippen LogP contribution in [0.15, 0.2) is 18.2 Å². The number of fused-ring (bicyclic) bond motifs is 1. The first-order valence-electron chi connectivity index (χ1n) is 5.07. The zero-order valence-electron chi connectivity index (χ0n) is 8.64. The molecular formula is C10H14BNO3. The van der Waals surface area contributed by atoms with Crippen molar-refractivity contribution >= 4 is 12.6 Å². The molecule has 1 aliphatic rings. The third-order valence-corrected chi connectivity index (χ3v) is 2.50. The van der Waals surface area contributed by atoms with Gasteiger partial charge in [0, 0.05) is 12.0 Å². The first-order chi connectivity index (χ1) is 7.27. The molecule has 1 aliphatic heterocycles. The Labute approximate surface area is 89.1 Å². The van der Waals surface area contributed by atoms with Crippen LogP contribution in [0.1, 0.15) is 18.6 Å². The highest BCUT2D eigenvalue weighted by atomic mass is 16.5. The summed E-state index contributed by atoms with van der Waals surface area (Å²) in [5.74, 6) is 0.679. The van der Waals surface area contributed by atoms with Crippen LogP contribution in [-0.2, 0) is 4.65 Å². The average molecular weight is 207 g/mol. The van der Waals surface area contributed by atoms with Gasteiger partial charge >= 0.3 is 7.12 Å². The fraction of sp³-hybridized carbons (Fsp3) is 0.400. The van der Waals surface area contributed by atoms with Crippen molar-refractivity contribution in [3.8, 4) is 5.75 Å². The molecule has 0 spiro atoms. The van der Waals surface area contributed by atoms with Gasteiger partial charge in [-0.25, -0.2) is 0 Å². The van der Waals surface area contributed by atoms with E-state index in [1.807, 2.05) is 25.1 Å². The largest absolute Gasteiger partial charge is 0.495 e. The molecule has 5 heteroatoms. The van der Waals surface area contributed by atoms with Crippen LogP contribution in [0.4, 0.5) is 0 Å². The van der Waals surface area contributed by atoms with Crippen LogP contribution in [-0.4, -0.2) is 25.3 Å². The van der Waals surface area contributed by atoms with Crippen molar-refractivity contribution in [2.24, 2.45) is 5.73 Å². The van der Waals surface area contributed by atoms with Gasteiger partial charge < -0.3 is 20.1 Å². The number of benzene rings is 1. The lowest BCUT2D eigenvalue weighted by atomic mass is 9.78. The van der Waals surface area contributed by atoms with E-state index in [2.05, 4.69) is 0 Å². The molecule has 0 saturated heterocycles. The Kier molecular flexibility index (Phi) is 2.95. The molecule has 0 aromatic heterocycles. The third kappa shape index (κ3) is 1.74. The van der Waals surface area contributed by atoms with Gasteiger partial charge in [0.15, 0.2) is 0 Å². The maximum absolute atomic E-state index is 9.73. The van der Waals surface area contributed by atoms with Crippen molar-refractivity contribution in [1.82, 2.24) is 0 Å². The quantitative estimate of drug-likeness (QED) is 0.674. The van der Waals surface area contributed by atoms with Crippen molar-refractivity contribution in [3.05, 3.63) is 23.8 Å². The molecule has 0 saturated carbocycles. The molecular weight excluding hydrogens is 193 g/mol. The van der Waals surface area contributed by atoms with Gasteiger partial charge in [0.2, 0.25) is 0 Å². The zero-order chi connectivity index (χ0) is 10.8. The smallest absolute Gasteiger partial charge is 0.494 e. The van der Waals surface area contributed by atoms with Crippen LogP contribution >= 0.6 is 0 Å². The lowest BCUT2D eigenvalue weighted by Crippen LogP contribution is -2.29. The van der Waals surface area contributed by atoms with Crippen LogP contribution in [0, 0.1) is 0 Å². The summed E-state index contributed by atoms with van der Waals surface area (Å²) in [6.07, 6.45) is -0.226. The molecule has 1 aromatic carbocycles. The number of rotatable bonds is 3. The minimum Gasteiger partial charge on any atom is -0.494 e. The van der Waals surface area contributed by atoms with E-state index in [1.54, 1.807) is 0 Å². The number of nitrogens with two attached hydrogens (primary N) is 1. The van der Waals surface area contributed by atoms with Crippen LogP contribution in [0.25, 0.3) is 0 Å². The highest BCUT2D eigenvalue weighted by molar-refractivity contribution is 6.62. The molecule has 0 radical (unpaired) electrons. The lowest BCUT2D eigenvalue weighted by Gasteiger charge is -2.09. The second kappa shape index (κ2) is 4.22. The molecule has 0 aliphatic carbocycles.